The maximum Gasteiger partial charge on any atom is 0.0500 e. The molecule has 1 heterocycles. The van der Waals surface area contributed by atoms with Crippen LogP contribution in [0, 0.1) is 0 Å². The molecule has 0 atom stereocenters. The molecule has 2 aromatic carbocycles. The van der Waals surface area contributed by atoms with Crippen molar-refractivity contribution in [3.05, 3.63) is 48.0 Å². The fourth-order valence-corrected chi connectivity index (χ4v) is 2.96. The summed E-state index contributed by atoms with van der Waals surface area (Å²) in [6.07, 6.45) is 4.10. The summed E-state index contributed by atoms with van der Waals surface area (Å²) in [6.45, 7) is 0. The number of aromatic amines is 1. The Morgan fingerprint density at radius 1 is 0.882 bits per heavy atom. The summed E-state index contributed by atoms with van der Waals surface area (Å²) in [7, 11) is 0. The Kier molecular flexibility index (Phi) is 1.84. The average Bonchev–Trinajstić information content (AvgIpc) is 2.67. The summed E-state index contributed by atoms with van der Waals surface area (Å²) >= 11 is 0. The molecule has 4 rings (SSSR count). The molecule has 1 saturated carbocycles. The second-order valence-corrected chi connectivity index (χ2v) is 5.07. The lowest BCUT2D eigenvalue weighted by molar-refractivity contribution is 0.422. The fourth-order valence-electron chi connectivity index (χ4n) is 2.96. The number of benzene rings is 2. The van der Waals surface area contributed by atoms with E-state index in [4.69, 9.17) is 0 Å². The molecule has 1 heteroatoms. The predicted octanol–water partition coefficient (Wildman–Crippen LogP) is 4.59. The van der Waals surface area contributed by atoms with Crippen LogP contribution < -0.4 is 0 Å². The van der Waals surface area contributed by atoms with E-state index in [2.05, 4.69) is 47.4 Å². The van der Waals surface area contributed by atoms with Crippen molar-refractivity contribution in [3.63, 3.8) is 0 Å². The van der Waals surface area contributed by atoms with Crippen LogP contribution in [0.4, 0.5) is 0 Å². The molecule has 1 aromatic heterocycles. The molecule has 0 radical (unpaired) electrons. The maximum absolute atomic E-state index is 3.60. The molecule has 1 N–H and O–H groups in total. The molecule has 0 saturated heterocycles. The Balaban J connectivity index is 2.08. The quantitative estimate of drug-likeness (QED) is 0.618. The van der Waals surface area contributed by atoms with Crippen LogP contribution in [-0.2, 0) is 0 Å². The van der Waals surface area contributed by atoms with Crippen molar-refractivity contribution in [1.82, 2.24) is 4.98 Å². The minimum atomic E-state index is 0.784. The normalized spacial score (nSPS) is 16.5. The molecule has 1 nitrogen and oxygen atoms in total. The van der Waals surface area contributed by atoms with Gasteiger partial charge in [-0.15, -0.1) is 0 Å². The summed E-state index contributed by atoms with van der Waals surface area (Å²) in [5.41, 5.74) is 4.14. The zero-order chi connectivity index (χ0) is 11.2. The second kappa shape index (κ2) is 3.36. The van der Waals surface area contributed by atoms with E-state index in [1.165, 1.54) is 46.6 Å². The van der Waals surface area contributed by atoms with Crippen LogP contribution in [-0.4, -0.2) is 4.98 Å². The topological polar surface area (TPSA) is 15.8 Å². The number of para-hydroxylation sites is 2. The summed E-state index contributed by atoms with van der Waals surface area (Å²) in [5, 5.41) is 2.73. The highest BCUT2D eigenvalue weighted by molar-refractivity contribution is 6.08. The minimum absolute atomic E-state index is 0.784. The zero-order valence-corrected chi connectivity index (χ0v) is 9.74. The van der Waals surface area contributed by atoms with Gasteiger partial charge in [-0.2, -0.15) is 0 Å². The molecule has 0 unspecified atom stereocenters. The van der Waals surface area contributed by atoms with Crippen molar-refractivity contribution in [2.45, 2.75) is 25.2 Å². The Morgan fingerprint density at radius 3 is 2.53 bits per heavy atom. The van der Waals surface area contributed by atoms with Crippen LogP contribution in [0.5, 0.6) is 0 Å². The van der Waals surface area contributed by atoms with Crippen LogP contribution in [0.2, 0.25) is 0 Å². The van der Waals surface area contributed by atoms with Gasteiger partial charge in [0.25, 0.3) is 0 Å². The van der Waals surface area contributed by atoms with Gasteiger partial charge in [0.05, 0.1) is 0 Å². The smallest absolute Gasteiger partial charge is 0.0500 e. The van der Waals surface area contributed by atoms with Gasteiger partial charge in [0.1, 0.15) is 0 Å². The summed E-state index contributed by atoms with van der Waals surface area (Å²) < 4.78 is 0. The van der Waals surface area contributed by atoms with Crippen LogP contribution >= 0.6 is 0 Å². The third kappa shape index (κ3) is 1.25. The van der Waals surface area contributed by atoms with Gasteiger partial charge in [0.2, 0.25) is 0 Å². The Bertz CT molecular complexity index is 689. The first-order valence-electron chi connectivity index (χ1n) is 6.43. The van der Waals surface area contributed by atoms with Crippen LogP contribution in [0.15, 0.2) is 42.5 Å². The first kappa shape index (κ1) is 9.29. The molecule has 0 amide bonds. The highest BCUT2D eigenvalue weighted by atomic mass is 14.7. The number of aromatic nitrogens is 1. The van der Waals surface area contributed by atoms with Gasteiger partial charge in [-0.25, -0.2) is 0 Å². The van der Waals surface area contributed by atoms with Gasteiger partial charge in [0.15, 0.2) is 0 Å². The molecule has 0 spiro atoms. The van der Waals surface area contributed by atoms with E-state index in [0.29, 0.717) is 0 Å². The lowest BCUT2D eigenvalue weighted by Crippen LogP contribution is -2.08. The van der Waals surface area contributed by atoms with Gasteiger partial charge < -0.3 is 4.98 Å². The van der Waals surface area contributed by atoms with Crippen molar-refractivity contribution in [2.24, 2.45) is 0 Å². The summed E-state index contributed by atoms with van der Waals surface area (Å²) in [6, 6.07) is 15.3. The lowest BCUT2D eigenvalue weighted by atomic mass is 9.79. The van der Waals surface area contributed by atoms with E-state index in [0.717, 1.165) is 5.92 Å². The third-order valence-corrected chi connectivity index (χ3v) is 4.12. The Hall–Kier alpha value is -1.76. The molecule has 84 valence electrons. The van der Waals surface area contributed by atoms with E-state index >= 15 is 0 Å². The van der Waals surface area contributed by atoms with Crippen molar-refractivity contribution >= 4 is 21.8 Å². The van der Waals surface area contributed by atoms with Gasteiger partial charge >= 0.3 is 0 Å². The van der Waals surface area contributed by atoms with Crippen LogP contribution in [0.25, 0.3) is 21.8 Å². The van der Waals surface area contributed by atoms with E-state index in [1.54, 1.807) is 0 Å². The molecule has 1 fully saturated rings. The molecule has 0 bridgehead atoms. The molecular weight excluding hydrogens is 206 g/mol. The predicted molar refractivity (Wildman–Crippen MR) is 72.4 cm³/mol. The third-order valence-electron chi connectivity index (χ3n) is 4.12. The largest absolute Gasteiger partial charge is 0.354 e. The van der Waals surface area contributed by atoms with Crippen molar-refractivity contribution in [2.75, 3.05) is 0 Å². The van der Waals surface area contributed by atoms with Crippen LogP contribution in [0.3, 0.4) is 0 Å². The van der Waals surface area contributed by atoms with Gasteiger partial charge in [-0.1, -0.05) is 42.8 Å². The number of hydrogen-bond acceptors (Lipinski definition) is 0. The molecule has 0 aliphatic heterocycles. The second-order valence-electron chi connectivity index (χ2n) is 5.07. The monoisotopic (exact) mass is 221 g/mol. The molecule has 1 aliphatic carbocycles. The fraction of sp³-hybridized carbons (Fsp3) is 0.250. The lowest BCUT2D eigenvalue weighted by Gasteiger charge is -2.26. The van der Waals surface area contributed by atoms with Crippen molar-refractivity contribution < 1.29 is 0 Å². The zero-order valence-electron chi connectivity index (χ0n) is 9.74. The molecule has 1 aliphatic rings. The highest BCUT2D eigenvalue weighted by Crippen LogP contribution is 2.40. The van der Waals surface area contributed by atoms with Gasteiger partial charge in [-0.3, -0.25) is 0 Å². The Labute approximate surface area is 100 Å². The number of nitrogens with one attached hydrogen (secondary N) is 1. The van der Waals surface area contributed by atoms with Crippen molar-refractivity contribution in [1.29, 1.82) is 0 Å². The van der Waals surface area contributed by atoms with E-state index < -0.39 is 0 Å². The van der Waals surface area contributed by atoms with Gasteiger partial charge in [0, 0.05) is 21.8 Å². The number of hydrogen-bond donors (Lipinski definition) is 1. The minimum Gasteiger partial charge on any atom is -0.354 e. The average molecular weight is 221 g/mol. The molecule has 17 heavy (non-hydrogen) atoms. The number of fused-ring (bicyclic) bond motifs is 3. The molecular formula is C16H15N. The maximum atomic E-state index is 3.60. The standard InChI is InChI=1S/C16H15N/c1-2-10-15-13(7-1)14-9-4-8-12(16(14)17-15)11-5-3-6-11/h1-2,4,7-11,17H,3,5-6H2. The summed E-state index contributed by atoms with van der Waals surface area (Å²) in [5.74, 6) is 0.784. The van der Waals surface area contributed by atoms with E-state index in [1.807, 2.05) is 0 Å². The number of rotatable bonds is 1. The highest BCUT2D eigenvalue weighted by Gasteiger charge is 2.22. The summed E-state index contributed by atoms with van der Waals surface area (Å²) in [4.78, 5) is 3.60. The first-order chi connectivity index (χ1) is 8.43. The molecule has 3 aromatic rings. The first-order valence-corrected chi connectivity index (χ1v) is 6.43. The van der Waals surface area contributed by atoms with E-state index in [9.17, 15) is 0 Å². The van der Waals surface area contributed by atoms with Crippen LogP contribution in [0.1, 0.15) is 30.7 Å². The SMILES string of the molecule is c1ccc2c(c1)[nH]c1c(C3CCC3)cccc12. The Morgan fingerprint density at radius 2 is 1.71 bits per heavy atom. The number of H-pyrrole nitrogens is 1. The van der Waals surface area contributed by atoms with E-state index in [-0.39, 0.29) is 0 Å². The van der Waals surface area contributed by atoms with Crippen molar-refractivity contribution in [3.8, 4) is 0 Å². The van der Waals surface area contributed by atoms with Gasteiger partial charge in [-0.05, 0) is 30.4 Å².